The number of primary amides is 1. The van der Waals surface area contributed by atoms with Gasteiger partial charge in [-0.25, -0.2) is 0 Å². The number of hydrogen-bond acceptors (Lipinski definition) is 4. The van der Waals surface area contributed by atoms with Gasteiger partial charge < -0.3 is 10.5 Å². The first-order chi connectivity index (χ1) is 7.77. The zero-order chi connectivity index (χ0) is 11.4. The van der Waals surface area contributed by atoms with Gasteiger partial charge in [-0.05, 0) is 24.3 Å². The molecular formula is C11H16N2O2S. The number of thiophene rings is 1. The van der Waals surface area contributed by atoms with Crippen molar-refractivity contribution in [2.24, 2.45) is 5.73 Å². The first kappa shape index (κ1) is 11.6. The molecule has 0 radical (unpaired) electrons. The van der Waals surface area contributed by atoms with Crippen molar-refractivity contribution in [1.29, 1.82) is 0 Å². The molecule has 2 heterocycles. The largest absolute Gasteiger partial charge is 0.376 e. The molecular weight excluding hydrogens is 224 g/mol. The predicted molar refractivity (Wildman–Crippen MR) is 63.1 cm³/mol. The van der Waals surface area contributed by atoms with Gasteiger partial charge in [-0.2, -0.15) is 0 Å². The van der Waals surface area contributed by atoms with Crippen molar-refractivity contribution in [3.63, 3.8) is 0 Å². The lowest BCUT2D eigenvalue weighted by Gasteiger charge is -2.20. The van der Waals surface area contributed by atoms with Crippen LogP contribution in [0.25, 0.3) is 0 Å². The van der Waals surface area contributed by atoms with E-state index in [9.17, 15) is 4.79 Å². The Hall–Kier alpha value is -0.910. The zero-order valence-corrected chi connectivity index (χ0v) is 9.83. The minimum atomic E-state index is -0.371. The van der Waals surface area contributed by atoms with E-state index in [1.54, 1.807) is 11.3 Å². The van der Waals surface area contributed by atoms with Crippen LogP contribution in [0, 0.1) is 0 Å². The number of nitrogens with two attached hydrogens (primary N) is 1. The molecule has 1 aliphatic heterocycles. The van der Waals surface area contributed by atoms with Gasteiger partial charge >= 0.3 is 0 Å². The van der Waals surface area contributed by atoms with E-state index in [1.165, 1.54) is 4.88 Å². The number of amides is 1. The molecule has 2 rings (SSSR count). The molecule has 3 N–H and O–H groups in total. The van der Waals surface area contributed by atoms with Crippen molar-refractivity contribution in [1.82, 2.24) is 5.32 Å². The monoisotopic (exact) mass is 240 g/mol. The van der Waals surface area contributed by atoms with Crippen LogP contribution in [-0.2, 0) is 16.1 Å². The average Bonchev–Trinajstić information content (AvgIpc) is 2.88. The summed E-state index contributed by atoms with van der Waals surface area (Å²) in [7, 11) is 0. The van der Waals surface area contributed by atoms with Gasteiger partial charge in [-0.1, -0.05) is 6.07 Å². The van der Waals surface area contributed by atoms with Crippen molar-refractivity contribution in [3.8, 4) is 0 Å². The smallest absolute Gasteiger partial charge is 0.237 e. The van der Waals surface area contributed by atoms with Gasteiger partial charge in [0.05, 0.1) is 6.10 Å². The van der Waals surface area contributed by atoms with E-state index in [1.807, 2.05) is 17.5 Å². The van der Waals surface area contributed by atoms with E-state index in [0.717, 1.165) is 19.4 Å². The molecule has 1 aromatic rings. The number of hydrogen-bond donors (Lipinski definition) is 2. The maximum absolute atomic E-state index is 11.3. The fourth-order valence-electron chi connectivity index (χ4n) is 1.90. The maximum atomic E-state index is 11.3. The highest BCUT2D eigenvalue weighted by molar-refractivity contribution is 7.09. The summed E-state index contributed by atoms with van der Waals surface area (Å²) in [6, 6.07) is 3.66. The third kappa shape index (κ3) is 2.81. The quantitative estimate of drug-likeness (QED) is 0.802. The van der Waals surface area contributed by atoms with E-state index in [2.05, 4.69) is 5.32 Å². The van der Waals surface area contributed by atoms with Crippen LogP contribution < -0.4 is 11.1 Å². The molecule has 88 valence electrons. The van der Waals surface area contributed by atoms with E-state index >= 15 is 0 Å². The molecule has 0 bridgehead atoms. The van der Waals surface area contributed by atoms with Crippen molar-refractivity contribution in [2.45, 2.75) is 31.5 Å². The molecule has 1 saturated heterocycles. The minimum absolute atomic E-state index is 0.0579. The lowest BCUT2D eigenvalue weighted by atomic mass is 10.1. The summed E-state index contributed by atoms with van der Waals surface area (Å²) in [5, 5.41) is 5.19. The molecule has 1 aliphatic rings. The van der Waals surface area contributed by atoms with Crippen LogP contribution in [0.2, 0.25) is 0 Å². The van der Waals surface area contributed by atoms with Gasteiger partial charge in [0.25, 0.3) is 0 Å². The Kier molecular flexibility index (Phi) is 3.93. The van der Waals surface area contributed by atoms with Gasteiger partial charge in [0.1, 0.15) is 6.04 Å². The number of ether oxygens (including phenoxy) is 1. The SMILES string of the molecule is NC(=O)C(NCc1cccs1)C1CCCO1. The average molecular weight is 240 g/mol. The highest BCUT2D eigenvalue weighted by atomic mass is 32.1. The molecule has 16 heavy (non-hydrogen) atoms. The second-order valence-corrected chi connectivity index (χ2v) is 4.92. The zero-order valence-electron chi connectivity index (χ0n) is 9.02. The highest BCUT2D eigenvalue weighted by Gasteiger charge is 2.29. The Morgan fingerprint density at radius 1 is 1.75 bits per heavy atom. The fraction of sp³-hybridized carbons (Fsp3) is 0.545. The van der Waals surface area contributed by atoms with Gasteiger partial charge in [-0.3, -0.25) is 10.1 Å². The summed E-state index contributed by atoms with van der Waals surface area (Å²) in [5.74, 6) is -0.330. The molecule has 0 aromatic carbocycles. The van der Waals surface area contributed by atoms with Crippen molar-refractivity contribution >= 4 is 17.2 Å². The Morgan fingerprint density at radius 3 is 3.19 bits per heavy atom. The van der Waals surface area contributed by atoms with E-state index in [-0.39, 0.29) is 18.1 Å². The number of nitrogens with one attached hydrogen (secondary N) is 1. The second kappa shape index (κ2) is 5.43. The third-order valence-electron chi connectivity index (χ3n) is 2.72. The van der Waals surface area contributed by atoms with Crippen LogP contribution in [0.5, 0.6) is 0 Å². The van der Waals surface area contributed by atoms with E-state index in [4.69, 9.17) is 10.5 Å². The maximum Gasteiger partial charge on any atom is 0.237 e. The Labute approximate surface area is 98.8 Å². The van der Waals surface area contributed by atoms with Crippen LogP contribution in [0.15, 0.2) is 17.5 Å². The summed E-state index contributed by atoms with van der Waals surface area (Å²) in [4.78, 5) is 12.5. The highest BCUT2D eigenvalue weighted by Crippen LogP contribution is 2.16. The second-order valence-electron chi connectivity index (χ2n) is 3.89. The number of rotatable bonds is 5. The van der Waals surface area contributed by atoms with Crippen molar-refractivity contribution in [3.05, 3.63) is 22.4 Å². The normalized spacial score (nSPS) is 22.1. The summed E-state index contributed by atoms with van der Waals surface area (Å²) >= 11 is 1.66. The minimum Gasteiger partial charge on any atom is -0.376 e. The molecule has 2 unspecified atom stereocenters. The molecule has 2 atom stereocenters. The Morgan fingerprint density at radius 2 is 2.62 bits per heavy atom. The van der Waals surface area contributed by atoms with E-state index in [0.29, 0.717) is 6.54 Å². The number of carbonyl (C=O) groups is 1. The molecule has 1 amide bonds. The molecule has 0 saturated carbocycles. The molecule has 5 heteroatoms. The summed E-state index contributed by atoms with van der Waals surface area (Å²) in [5.41, 5.74) is 5.38. The first-order valence-electron chi connectivity index (χ1n) is 5.44. The van der Waals surface area contributed by atoms with Crippen LogP contribution in [0.3, 0.4) is 0 Å². The first-order valence-corrected chi connectivity index (χ1v) is 6.32. The van der Waals surface area contributed by atoms with Crippen molar-refractivity contribution < 1.29 is 9.53 Å². The number of carbonyl (C=O) groups excluding carboxylic acids is 1. The molecule has 1 fully saturated rings. The van der Waals surface area contributed by atoms with Gasteiger partial charge in [0, 0.05) is 18.0 Å². The summed E-state index contributed by atoms with van der Waals surface area (Å²) in [6.45, 7) is 1.40. The molecule has 0 aliphatic carbocycles. The fourth-order valence-corrected chi connectivity index (χ4v) is 2.56. The van der Waals surface area contributed by atoms with Gasteiger partial charge in [-0.15, -0.1) is 11.3 Å². The Bertz CT molecular complexity index is 334. The topological polar surface area (TPSA) is 64.4 Å². The molecule has 4 nitrogen and oxygen atoms in total. The van der Waals surface area contributed by atoms with Crippen LogP contribution in [0.4, 0.5) is 0 Å². The predicted octanol–water partition coefficient (Wildman–Crippen LogP) is 0.871. The third-order valence-corrected chi connectivity index (χ3v) is 3.60. The molecule has 0 spiro atoms. The van der Waals surface area contributed by atoms with Gasteiger partial charge in [0.15, 0.2) is 0 Å². The van der Waals surface area contributed by atoms with Crippen molar-refractivity contribution in [2.75, 3.05) is 6.61 Å². The van der Waals surface area contributed by atoms with Crippen LogP contribution in [-0.4, -0.2) is 24.7 Å². The van der Waals surface area contributed by atoms with Crippen LogP contribution in [0.1, 0.15) is 17.7 Å². The lowest BCUT2D eigenvalue weighted by Crippen LogP contribution is -2.48. The summed E-state index contributed by atoms with van der Waals surface area (Å²) < 4.78 is 5.49. The van der Waals surface area contributed by atoms with E-state index < -0.39 is 0 Å². The Balaban J connectivity index is 1.90. The van der Waals surface area contributed by atoms with Gasteiger partial charge in [0.2, 0.25) is 5.91 Å². The lowest BCUT2D eigenvalue weighted by molar-refractivity contribution is -0.123. The molecule has 1 aromatic heterocycles. The van der Waals surface area contributed by atoms with Crippen LogP contribution >= 0.6 is 11.3 Å². The summed E-state index contributed by atoms with van der Waals surface area (Å²) in [6.07, 6.45) is 1.86. The standard InChI is InChI=1S/C11H16N2O2S/c12-11(14)10(9-4-1-5-15-9)13-7-8-3-2-6-16-8/h2-3,6,9-10,13H,1,4-5,7H2,(H2,12,14).